The van der Waals surface area contributed by atoms with Gasteiger partial charge in [0.15, 0.2) is 5.84 Å². The molecule has 0 amide bonds. The third-order valence-corrected chi connectivity index (χ3v) is 3.63. The molecule has 0 bridgehead atoms. The third kappa shape index (κ3) is 6.23. The summed E-state index contributed by atoms with van der Waals surface area (Å²) in [7, 11) is 0. The summed E-state index contributed by atoms with van der Waals surface area (Å²) in [5.74, 6) is 1.35. The van der Waals surface area contributed by atoms with Crippen LogP contribution in [0.2, 0.25) is 0 Å². The molecule has 0 aliphatic heterocycles. The van der Waals surface area contributed by atoms with Gasteiger partial charge in [-0.1, -0.05) is 5.16 Å². The first-order valence-electron chi connectivity index (χ1n) is 6.34. The predicted molar refractivity (Wildman–Crippen MR) is 79.6 cm³/mol. The van der Waals surface area contributed by atoms with Crippen LogP contribution in [0.3, 0.4) is 0 Å². The van der Waals surface area contributed by atoms with Crippen molar-refractivity contribution in [3.8, 4) is 0 Å². The van der Waals surface area contributed by atoms with E-state index >= 15 is 0 Å². The van der Waals surface area contributed by atoms with Crippen LogP contribution in [0.1, 0.15) is 17.5 Å². The minimum Gasteiger partial charge on any atom is -0.409 e. The molecule has 20 heavy (non-hydrogen) atoms. The Morgan fingerprint density at radius 2 is 2.15 bits per heavy atom. The Balaban J connectivity index is 2.38. The van der Waals surface area contributed by atoms with Crippen molar-refractivity contribution in [3.63, 3.8) is 0 Å². The van der Waals surface area contributed by atoms with Crippen molar-refractivity contribution in [3.05, 3.63) is 35.1 Å². The number of hydrogen-bond donors (Lipinski definition) is 4. The van der Waals surface area contributed by atoms with E-state index < -0.39 is 5.82 Å². The SMILES string of the molecule is N/C(=N/O)c1cc(F)cc(CNCCSCCCO)c1. The standard InChI is InChI=1S/C13H20FN3O2S/c14-12-7-10(6-11(8-12)13(15)17-19)9-16-2-5-20-4-1-3-18/h6-8,16,18-19H,1-5,9H2,(H2,15,17). The highest BCUT2D eigenvalue weighted by Crippen LogP contribution is 2.09. The minimum absolute atomic E-state index is 0.106. The number of halogens is 1. The van der Waals surface area contributed by atoms with Crippen LogP contribution in [0.4, 0.5) is 4.39 Å². The van der Waals surface area contributed by atoms with Crippen LogP contribution in [0.5, 0.6) is 0 Å². The van der Waals surface area contributed by atoms with E-state index in [1.54, 1.807) is 17.8 Å². The van der Waals surface area contributed by atoms with Gasteiger partial charge in [0.05, 0.1) is 0 Å². The lowest BCUT2D eigenvalue weighted by Gasteiger charge is -2.07. The summed E-state index contributed by atoms with van der Waals surface area (Å²) >= 11 is 1.76. The Kier molecular flexibility index (Phi) is 8.01. The molecule has 7 heteroatoms. The second-order valence-electron chi connectivity index (χ2n) is 4.20. The normalized spacial score (nSPS) is 11.8. The fourth-order valence-electron chi connectivity index (χ4n) is 1.60. The van der Waals surface area contributed by atoms with Gasteiger partial charge in [-0.15, -0.1) is 0 Å². The lowest BCUT2D eigenvalue weighted by atomic mass is 10.1. The van der Waals surface area contributed by atoms with Gasteiger partial charge in [-0.2, -0.15) is 11.8 Å². The number of thioether (sulfide) groups is 1. The molecule has 0 aliphatic rings. The fraction of sp³-hybridized carbons (Fsp3) is 0.462. The van der Waals surface area contributed by atoms with Gasteiger partial charge in [0.1, 0.15) is 5.82 Å². The molecule has 0 heterocycles. The van der Waals surface area contributed by atoms with Gasteiger partial charge in [-0.25, -0.2) is 4.39 Å². The van der Waals surface area contributed by atoms with Gasteiger partial charge in [-0.3, -0.25) is 0 Å². The topological polar surface area (TPSA) is 90.9 Å². The highest BCUT2D eigenvalue weighted by atomic mass is 32.2. The van der Waals surface area contributed by atoms with Crippen molar-refractivity contribution in [2.24, 2.45) is 10.9 Å². The van der Waals surface area contributed by atoms with E-state index in [1.165, 1.54) is 12.1 Å². The maximum absolute atomic E-state index is 13.4. The zero-order valence-electron chi connectivity index (χ0n) is 11.2. The van der Waals surface area contributed by atoms with Gasteiger partial charge < -0.3 is 21.4 Å². The summed E-state index contributed by atoms with van der Waals surface area (Å²) in [6.07, 6.45) is 0.803. The number of nitrogens with zero attached hydrogens (tertiary/aromatic N) is 1. The average Bonchev–Trinajstić information content (AvgIpc) is 2.45. The van der Waals surface area contributed by atoms with E-state index in [0.29, 0.717) is 12.1 Å². The maximum atomic E-state index is 13.4. The number of rotatable bonds is 9. The van der Waals surface area contributed by atoms with Gasteiger partial charge in [-0.05, 0) is 35.9 Å². The summed E-state index contributed by atoms with van der Waals surface area (Å²) in [5, 5.41) is 23.3. The molecule has 1 rings (SSSR count). The Bertz CT molecular complexity index is 444. The van der Waals surface area contributed by atoms with Crippen molar-refractivity contribution in [2.45, 2.75) is 13.0 Å². The first-order chi connectivity index (χ1) is 9.67. The number of nitrogens with one attached hydrogen (secondary N) is 1. The monoisotopic (exact) mass is 301 g/mol. The number of aliphatic hydroxyl groups excluding tert-OH is 1. The number of aliphatic hydroxyl groups is 1. The van der Waals surface area contributed by atoms with Crippen LogP contribution in [-0.2, 0) is 6.54 Å². The average molecular weight is 301 g/mol. The third-order valence-electron chi connectivity index (χ3n) is 2.56. The molecule has 0 spiro atoms. The number of benzene rings is 1. The van der Waals surface area contributed by atoms with Crippen LogP contribution < -0.4 is 11.1 Å². The molecule has 0 saturated heterocycles. The van der Waals surface area contributed by atoms with Crippen LogP contribution in [-0.4, -0.2) is 40.8 Å². The van der Waals surface area contributed by atoms with E-state index in [-0.39, 0.29) is 12.4 Å². The Labute approximate surface area is 122 Å². The summed E-state index contributed by atoms with van der Waals surface area (Å²) in [4.78, 5) is 0. The fourth-order valence-corrected chi connectivity index (χ4v) is 2.43. The Hall–Kier alpha value is -1.31. The zero-order chi connectivity index (χ0) is 14.8. The second kappa shape index (κ2) is 9.57. The van der Waals surface area contributed by atoms with Crippen molar-refractivity contribution < 1.29 is 14.7 Å². The second-order valence-corrected chi connectivity index (χ2v) is 5.42. The van der Waals surface area contributed by atoms with Gasteiger partial charge >= 0.3 is 0 Å². The molecule has 0 radical (unpaired) electrons. The molecule has 5 nitrogen and oxygen atoms in total. The molecule has 0 aromatic heterocycles. The number of oxime groups is 1. The molecule has 5 N–H and O–H groups in total. The van der Waals surface area contributed by atoms with E-state index in [1.807, 2.05) is 0 Å². The smallest absolute Gasteiger partial charge is 0.170 e. The highest BCUT2D eigenvalue weighted by Gasteiger charge is 2.04. The molecular formula is C13H20FN3O2S. The quantitative estimate of drug-likeness (QED) is 0.180. The van der Waals surface area contributed by atoms with Crippen LogP contribution in [0.15, 0.2) is 23.4 Å². The molecule has 0 saturated carbocycles. The summed E-state index contributed by atoms with van der Waals surface area (Å²) in [5.41, 5.74) is 6.55. The number of hydrogen-bond acceptors (Lipinski definition) is 5. The Morgan fingerprint density at radius 3 is 2.85 bits per heavy atom. The lowest BCUT2D eigenvalue weighted by Crippen LogP contribution is -2.18. The summed E-state index contributed by atoms with van der Waals surface area (Å²) in [6, 6.07) is 4.33. The van der Waals surface area contributed by atoms with Gasteiger partial charge in [0.2, 0.25) is 0 Å². The number of nitrogens with two attached hydrogens (primary N) is 1. The maximum Gasteiger partial charge on any atom is 0.170 e. The predicted octanol–water partition coefficient (Wildman–Crippen LogP) is 1.13. The largest absolute Gasteiger partial charge is 0.409 e. The first-order valence-corrected chi connectivity index (χ1v) is 7.49. The molecule has 0 aliphatic carbocycles. The lowest BCUT2D eigenvalue weighted by molar-refractivity contribution is 0.296. The zero-order valence-corrected chi connectivity index (χ0v) is 12.0. The van der Waals surface area contributed by atoms with Gasteiger partial charge in [0.25, 0.3) is 0 Å². The van der Waals surface area contributed by atoms with Crippen LogP contribution in [0, 0.1) is 5.82 Å². The molecule has 0 fully saturated rings. The molecule has 0 unspecified atom stereocenters. The first kappa shape index (κ1) is 16.7. The van der Waals surface area contributed by atoms with Gasteiger partial charge in [0, 0.05) is 31.0 Å². The molecule has 0 atom stereocenters. The summed E-state index contributed by atoms with van der Waals surface area (Å²) in [6.45, 7) is 1.54. The van der Waals surface area contributed by atoms with Crippen molar-refractivity contribution in [1.29, 1.82) is 0 Å². The molecule has 112 valence electrons. The van der Waals surface area contributed by atoms with Crippen LogP contribution >= 0.6 is 11.8 Å². The minimum atomic E-state index is -0.414. The van der Waals surface area contributed by atoms with E-state index in [0.717, 1.165) is 30.0 Å². The summed E-state index contributed by atoms with van der Waals surface area (Å²) < 4.78 is 13.4. The van der Waals surface area contributed by atoms with E-state index in [9.17, 15) is 4.39 Å². The molecular weight excluding hydrogens is 281 g/mol. The van der Waals surface area contributed by atoms with Crippen molar-refractivity contribution >= 4 is 17.6 Å². The molecule has 1 aromatic rings. The van der Waals surface area contributed by atoms with E-state index in [4.69, 9.17) is 16.0 Å². The highest BCUT2D eigenvalue weighted by molar-refractivity contribution is 7.99. The Morgan fingerprint density at radius 1 is 1.35 bits per heavy atom. The van der Waals surface area contributed by atoms with Crippen LogP contribution in [0.25, 0.3) is 0 Å². The van der Waals surface area contributed by atoms with Crippen molar-refractivity contribution in [2.75, 3.05) is 24.7 Å². The van der Waals surface area contributed by atoms with Crippen molar-refractivity contribution in [1.82, 2.24) is 5.32 Å². The van der Waals surface area contributed by atoms with E-state index in [2.05, 4.69) is 10.5 Å². The number of amidine groups is 1. The molecule has 1 aromatic carbocycles.